The molecule has 0 aliphatic heterocycles. The van der Waals surface area contributed by atoms with Gasteiger partial charge in [0, 0.05) is 18.1 Å². The van der Waals surface area contributed by atoms with Crippen LogP contribution < -0.4 is 5.32 Å². The Morgan fingerprint density at radius 1 is 1.41 bits per heavy atom. The van der Waals surface area contributed by atoms with E-state index < -0.39 is 0 Å². The van der Waals surface area contributed by atoms with Gasteiger partial charge in [0.05, 0.1) is 0 Å². The zero-order valence-electron chi connectivity index (χ0n) is 15.0. The Balaban J connectivity index is 2.13. The van der Waals surface area contributed by atoms with Crippen molar-refractivity contribution in [3.05, 3.63) is 23.4 Å². The summed E-state index contributed by atoms with van der Waals surface area (Å²) in [5, 5.41) is 13.1. The van der Waals surface area contributed by atoms with Crippen LogP contribution in [-0.2, 0) is 0 Å². The number of nitrogens with zero attached hydrogens (tertiary/aromatic N) is 2. The molecule has 3 aliphatic rings. The number of rotatable bonds is 7. The largest absolute Gasteiger partial charge is 0.360 e. The molecular formula is C19H31N3. The predicted molar refractivity (Wildman–Crippen MR) is 92.2 cm³/mol. The summed E-state index contributed by atoms with van der Waals surface area (Å²) in [6.45, 7) is 12.0. The lowest BCUT2D eigenvalue weighted by molar-refractivity contribution is -0.226. The molecule has 1 atom stereocenters. The molecule has 3 heteroatoms. The highest BCUT2D eigenvalue weighted by Crippen LogP contribution is 2.71. The van der Waals surface area contributed by atoms with E-state index in [-0.39, 0.29) is 0 Å². The second-order valence-electron chi connectivity index (χ2n) is 7.60. The Bertz CT molecular complexity index is 515. The van der Waals surface area contributed by atoms with Gasteiger partial charge in [-0.05, 0) is 64.5 Å². The summed E-state index contributed by atoms with van der Waals surface area (Å²) in [6.07, 6.45) is 7.63. The quantitative estimate of drug-likeness (QED) is 0.573. The second kappa shape index (κ2) is 6.08. The molecule has 0 unspecified atom stereocenters. The summed E-state index contributed by atoms with van der Waals surface area (Å²) < 4.78 is 0. The number of allylic oxidation sites excluding steroid dienone is 4. The Labute approximate surface area is 136 Å². The van der Waals surface area contributed by atoms with Crippen molar-refractivity contribution in [2.24, 2.45) is 11.3 Å². The van der Waals surface area contributed by atoms with E-state index in [1.807, 2.05) is 6.08 Å². The third-order valence-corrected chi connectivity index (χ3v) is 6.20. The van der Waals surface area contributed by atoms with Crippen molar-refractivity contribution in [1.82, 2.24) is 10.2 Å². The van der Waals surface area contributed by atoms with Crippen molar-refractivity contribution in [3.63, 3.8) is 0 Å². The summed E-state index contributed by atoms with van der Waals surface area (Å²) in [6, 6.07) is 2.77. The van der Waals surface area contributed by atoms with Gasteiger partial charge in [-0.3, -0.25) is 0 Å². The molecule has 3 rings (SSSR count). The zero-order valence-corrected chi connectivity index (χ0v) is 15.0. The van der Waals surface area contributed by atoms with Crippen LogP contribution in [0.5, 0.6) is 0 Å². The van der Waals surface area contributed by atoms with E-state index in [1.54, 1.807) is 0 Å². The molecule has 0 saturated heterocycles. The molecule has 0 heterocycles. The molecule has 3 nitrogen and oxygen atoms in total. The Hall–Kier alpha value is -1.27. The van der Waals surface area contributed by atoms with Crippen molar-refractivity contribution in [2.75, 3.05) is 13.6 Å². The molecule has 0 amide bonds. The van der Waals surface area contributed by atoms with E-state index in [2.05, 4.69) is 64.0 Å². The first-order valence-corrected chi connectivity index (χ1v) is 8.57. The van der Waals surface area contributed by atoms with E-state index >= 15 is 0 Å². The highest BCUT2D eigenvalue weighted by molar-refractivity contribution is 5.31. The minimum atomic E-state index is 0.355. The lowest BCUT2D eigenvalue weighted by Crippen LogP contribution is -2.81. The molecule has 0 aromatic heterocycles. The van der Waals surface area contributed by atoms with E-state index in [9.17, 15) is 5.26 Å². The predicted octanol–water partition coefficient (Wildman–Crippen LogP) is 3.85. The first kappa shape index (κ1) is 17.1. The third kappa shape index (κ3) is 2.58. The summed E-state index contributed by atoms with van der Waals surface area (Å²) >= 11 is 0. The van der Waals surface area contributed by atoms with E-state index in [0.717, 1.165) is 18.7 Å². The third-order valence-electron chi connectivity index (χ3n) is 6.20. The molecule has 0 aromatic rings. The molecule has 122 valence electrons. The SMILES string of the molecule is CC/C(C)=C/C=C(/C#N)N(CC12CC(NC)(C1)[C@H]2C)C(C)C. The maximum atomic E-state index is 9.59. The van der Waals surface area contributed by atoms with Crippen molar-refractivity contribution in [3.8, 4) is 6.07 Å². The fraction of sp³-hybridized carbons (Fsp3) is 0.737. The van der Waals surface area contributed by atoms with Crippen LogP contribution in [0, 0.1) is 22.7 Å². The molecule has 3 fully saturated rings. The van der Waals surface area contributed by atoms with Crippen molar-refractivity contribution < 1.29 is 0 Å². The smallest absolute Gasteiger partial charge is 0.117 e. The average molecular weight is 301 g/mol. The molecule has 0 radical (unpaired) electrons. The topological polar surface area (TPSA) is 39.1 Å². The van der Waals surface area contributed by atoms with Gasteiger partial charge in [-0.1, -0.05) is 25.5 Å². The Kier molecular flexibility index (Phi) is 4.73. The van der Waals surface area contributed by atoms with Crippen molar-refractivity contribution >= 4 is 0 Å². The molecular weight excluding hydrogens is 270 g/mol. The summed E-state index contributed by atoms with van der Waals surface area (Å²) in [5.41, 5.74) is 2.91. The Morgan fingerprint density at radius 3 is 2.45 bits per heavy atom. The first-order valence-electron chi connectivity index (χ1n) is 8.57. The maximum absolute atomic E-state index is 9.59. The van der Waals surface area contributed by atoms with Crippen LogP contribution in [-0.4, -0.2) is 30.1 Å². The van der Waals surface area contributed by atoms with Crippen LogP contribution in [0.15, 0.2) is 23.4 Å². The van der Waals surface area contributed by atoms with Crippen molar-refractivity contribution in [1.29, 1.82) is 5.26 Å². The molecule has 2 bridgehead atoms. The molecule has 3 aliphatic carbocycles. The number of hydrogen-bond donors (Lipinski definition) is 1. The van der Waals surface area contributed by atoms with Gasteiger partial charge in [0.1, 0.15) is 11.8 Å². The van der Waals surface area contributed by atoms with Gasteiger partial charge in [0.2, 0.25) is 0 Å². The second-order valence-corrected chi connectivity index (χ2v) is 7.60. The minimum absolute atomic E-state index is 0.355. The highest BCUT2D eigenvalue weighted by atomic mass is 15.2. The van der Waals surface area contributed by atoms with Crippen LogP contribution in [0.25, 0.3) is 0 Å². The fourth-order valence-electron chi connectivity index (χ4n) is 4.20. The number of hydrogen-bond acceptors (Lipinski definition) is 3. The van der Waals surface area contributed by atoms with Gasteiger partial charge in [-0.15, -0.1) is 0 Å². The molecule has 3 saturated carbocycles. The lowest BCUT2D eigenvalue weighted by Gasteiger charge is -2.77. The number of nitriles is 1. The highest BCUT2D eigenvalue weighted by Gasteiger charge is 2.73. The van der Waals surface area contributed by atoms with E-state index in [0.29, 0.717) is 22.9 Å². The van der Waals surface area contributed by atoms with Gasteiger partial charge >= 0.3 is 0 Å². The monoisotopic (exact) mass is 301 g/mol. The average Bonchev–Trinajstić information content (AvgIpc) is 2.47. The normalized spacial score (nSPS) is 34.0. The Morgan fingerprint density at radius 2 is 2.05 bits per heavy atom. The number of nitrogens with one attached hydrogen (secondary N) is 1. The van der Waals surface area contributed by atoms with Gasteiger partial charge in [-0.2, -0.15) is 5.26 Å². The van der Waals surface area contributed by atoms with Crippen LogP contribution in [0.1, 0.15) is 53.9 Å². The minimum Gasteiger partial charge on any atom is -0.360 e. The lowest BCUT2D eigenvalue weighted by atomic mass is 9.33. The molecule has 22 heavy (non-hydrogen) atoms. The van der Waals surface area contributed by atoms with Crippen LogP contribution in [0.4, 0.5) is 0 Å². The van der Waals surface area contributed by atoms with Gasteiger partial charge in [0.25, 0.3) is 0 Å². The van der Waals surface area contributed by atoms with Gasteiger partial charge in [-0.25, -0.2) is 0 Å². The standard InChI is InChI=1S/C19H31N3/c1-7-15(4)8-9-17(10-20)22(14(2)3)13-18-11-19(12-18,21-6)16(18)5/h8-9,14,16,21H,7,11-13H2,1-6H3/b15-8+,17-9-/t16-,18?,19?/m0/s1. The van der Waals surface area contributed by atoms with Gasteiger partial charge in [0.15, 0.2) is 0 Å². The van der Waals surface area contributed by atoms with E-state index in [4.69, 9.17) is 0 Å². The summed E-state index contributed by atoms with van der Waals surface area (Å²) in [7, 11) is 2.08. The van der Waals surface area contributed by atoms with Crippen LogP contribution in [0.2, 0.25) is 0 Å². The first-order chi connectivity index (χ1) is 10.3. The van der Waals surface area contributed by atoms with Crippen molar-refractivity contribution in [2.45, 2.75) is 65.5 Å². The molecule has 0 spiro atoms. The maximum Gasteiger partial charge on any atom is 0.117 e. The van der Waals surface area contributed by atoms with Crippen LogP contribution >= 0.6 is 0 Å². The summed E-state index contributed by atoms with van der Waals surface area (Å²) in [4.78, 5) is 2.30. The molecule has 0 aromatic carbocycles. The zero-order chi connectivity index (χ0) is 16.5. The van der Waals surface area contributed by atoms with Gasteiger partial charge < -0.3 is 10.2 Å². The van der Waals surface area contributed by atoms with E-state index in [1.165, 1.54) is 18.4 Å². The summed E-state index contributed by atoms with van der Waals surface area (Å²) in [5.74, 6) is 0.708. The van der Waals surface area contributed by atoms with Crippen LogP contribution in [0.3, 0.4) is 0 Å². The molecule has 1 N–H and O–H groups in total. The fourth-order valence-corrected chi connectivity index (χ4v) is 4.20.